The van der Waals surface area contributed by atoms with Crippen LogP contribution in [-0.4, -0.2) is 22.2 Å². The van der Waals surface area contributed by atoms with Crippen LogP contribution in [0.15, 0.2) is 36.4 Å². The van der Waals surface area contributed by atoms with Crippen molar-refractivity contribution in [2.24, 2.45) is 0 Å². The Kier molecular flexibility index (Phi) is 3.93. The lowest BCUT2D eigenvalue weighted by Crippen LogP contribution is -2.06. The zero-order chi connectivity index (χ0) is 15.6. The minimum atomic E-state index is -1.11. The number of benzene rings is 2. The lowest BCUT2D eigenvalue weighted by Gasteiger charge is -2.13. The highest BCUT2D eigenvalue weighted by atomic mass is 16.4. The molecule has 0 saturated heterocycles. The van der Waals surface area contributed by atoms with Gasteiger partial charge in [-0.2, -0.15) is 0 Å². The largest absolute Gasteiger partial charge is 0.478 e. The molecule has 21 heavy (non-hydrogen) atoms. The zero-order valence-electron chi connectivity index (χ0n) is 11.7. The van der Waals surface area contributed by atoms with Gasteiger partial charge in [0.15, 0.2) is 0 Å². The van der Waals surface area contributed by atoms with Gasteiger partial charge >= 0.3 is 11.9 Å². The second kappa shape index (κ2) is 5.66. The van der Waals surface area contributed by atoms with Gasteiger partial charge in [-0.1, -0.05) is 17.7 Å². The molecule has 0 unspecified atom stereocenters. The van der Waals surface area contributed by atoms with Gasteiger partial charge in [0.05, 0.1) is 16.8 Å². The van der Waals surface area contributed by atoms with Crippen molar-refractivity contribution < 1.29 is 19.8 Å². The van der Waals surface area contributed by atoms with Gasteiger partial charge in [0.2, 0.25) is 0 Å². The van der Waals surface area contributed by atoms with Crippen molar-refractivity contribution in [3.63, 3.8) is 0 Å². The van der Waals surface area contributed by atoms with Crippen molar-refractivity contribution in [3.05, 3.63) is 58.7 Å². The fourth-order valence-electron chi connectivity index (χ4n) is 2.07. The van der Waals surface area contributed by atoms with Gasteiger partial charge < -0.3 is 15.5 Å². The number of aryl methyl sites for hydroxylation is 2. The summed E-state index contributed by atoms with van der Waals surface area (Å²) in [6, 6.07) is 9.59. The molecule has 5 nitrogen and oxygen atoms in total. The SMILES string of the molecule is Cc1ccc(Nc2cc(C(=O)O)ccc2C(=O)O)c(C)c1. The number of anilines is 2. The normalized spacial score (nSPS) is 10.2. The van der Waals surface area contributed by atoms with Crippen LogP contribution < -0.4 is 5.32 Å². The van der Waals surface area contributed by atoms with Gasteiger partial charge in [0.1, 0.15) is 0 Å². The number of carbonyl (C=O) groups is 2. The van der Waals surface area contributed by atoms with Crippen LogP contribution in [0, 0.1) is 13.8 Å². The van der Waals surface area contributed by atoms with Crippen LogP contribution in [0.2, 0.25) is 0 Å². The first-order valence-electron chi connectivity index (χ1n) is 6.33. The number of aromatic carboxylic acids is 2. The third kappa shape index (κ3) is 3.20. The van der Waals surface area contributed by atoms with Crippen molar-refractivity contribution in [3.8, 4) is 0 Å². The summed E-state index contributed by atoms with van der Waals surface area (Å²) < 4.78 is 0. The van der Waals surface area contributed by atoms with Gasteiger partial charge in [0, 0.05) is 5.69 Å². The highest BCUT2D eigenvalue weighted by Gasteiger charge is 2.14. The van der Waals surface area contributed by atoms with Gasteiger partial charge in [-0.15, -0.1) is 0 Å². The maximum absolute atomic E-state index is 11.2. The molecule has 2 rings (SSSR count). The molecular weight excluding hydrogens is 270 g/mol. The number of carboxylic acid groups (broad SMARTS) is 2. The Bertz CT molecular complexity index is 722. The Morgan fingerprint density at radius 1 is 0.905 bits per heavy atom. The smallest absolute Gasteiger partial charge is 0.337 e. The van der Waals surface area contributed by atoms with Crippen molar-refractivity contribution >= 4 is 23.3 Å². The summed E-state index contributed by atoms with van der Waals surface area (Å²) in [5.41, 5.74) is 3.11. The van der Waals surface area contributed by atoms with E-state index < -0.39 is 11.9 Å². The average molecular weight is 285 g/mol. The number of hydrogen-bond acceptors (Lipinski definition) is 3. The maximum atomic E-state index is 11.2. The van der Waals surface area contributed by atoms with Crippen LogP contribution in [-0.2, 0) is 0 Å². The number of hydrogen-bond donors (Lipinski definition) is 3. The third-order valence-corrected chi connectivity index (χ3v) is 3.15. The van der Waals surface area contributed by atoms with Crippen LogP contribution >= 0.6 is 0 Å². The molecule has 0 radical (unpaired) electrons. The highest BCUT2D eigenvalue weighted by molar-refractivity contribution is 5.98. The van der Waals surface area contributed by atoms with E-state index >= 15 is 0 Å². The average Bonchev–Trinajstić information content (AvgIpc) is 2.41. The van der Waals surface area contributed by atoms with E-state index in [0.717, 1.165) is 16.8 Å². The summed E-state index contributed by atoms with van der Waals surface area (Å²) in [6.45, 7) is 3.86. The number of rotatable bonds is 4. The van der Waals surface area contributed by atoms with Crippen molar-refractivity contribution in [1.82, 2.24) is 0 Å². The van der Waals surface area contributed by atoms with Crippen LogP contribution in [0.4, 0.5) is 11.4 Å². The summed E-state index contributed by atoms with van der Waals surface area (Å²) in [6.07, 6.45) is 0. The quantitative estimate of drug-likeness (QED) is 0.801. The van der Waals surface area contributed by atoms with Crippen molar-refractivity contribution in [1.29, 1.82) is 0 Å². The first-order chi connectivity index (χ1) is 9.88. The van der Waals surface area contributed by atoms with Gasteiger partial charge in [-0.25, -0.2) is 9.59 Å². The third-order valence-electron chi connectivity index (χ3n) is 3.15. The van der Waals surface area contributed by atoms with Crippen molar-refractivity contribution in [2.75, 3.05) is 5.32 Å². The molecule has 0 aromatic heterocycles. The molecule has 0 aliphatic heterocycles. The molecule has 0 saturated carbocycles. The minimum absolute atomic E-state index is 0.0278. The predicted octanol–water partition coefficient (Wildman–Crippen LogP) is 3.44. The summed E-state index contributed by atoms with van der Waals surface area (Å²) in [5.74, 6) is -2.21. The molecule has 0 aliphatic carbocycles. The molecule has 0 spiro atoms. The Morgan fingerprint density at radius 2 is 1.62 bits per heavy atom. The van der Waals surface area contributed by atoms with E-state index in [4.69, 9.17) is 5.11 Å². The Hall–Kier alpha value is -2.82. The monoisotopic (exact) mass is 285 g/mol. The van der Waals surface area contributed by atoms with Crippen LogP contribution in [0.5, 0.6) is 0 Å². The molecule has 3 N–H and O–H groups in total. The Labute approximate surface area is 121 Å². The van der Waals surface area contributed by atoms with E-state index in [0.29, 0.717) is 0 Å². The molecular formula is C16H15NO4. The molecule has 0 bridgehead atoms. The Balaban J connectivity index is 2.48. The molecule has 0 atom stereocenters. The molecule has 108 valence electrons. The first-order valence-corrected chi connectivity index (χ1v) is 6.33. The zero-order valence-corrected chi connectivity index (χ0v) is 11.7. The van der Waals surface area contributed by atoms with E-state index in [1.54, 1.807) is 0 Å². The Morgan fingerprint density at radius 3 is 2.19 bits per heavy atom. The van der Waals surface area contributed by atoms with E-state index in [1.165, 1.54) is 18.2 Å². The summed E-state index contributed by atoms with van der Waals surface area (Å²) in [5, 5.41) is 21.2. The molecule has 0 amide bonds. The van der Waals surface area contributed by atoms with Gasteiger partial charge in [-0.05, 0) is 43.7 Å². The fraction of sp³-hybridized carbons (Fsp3) is 0.125. The van der Waals surface area contributed by atoms with E-state index in [9.17, 15) is 14.7 Å². The molecule has 5 heteroatoms. The summed E-state index contributed by atoms with van der Waals surface area (Å²) in [7, 11) is 0. The maximum Gasteiger partial charge on any atom is 0.337 e. The topological polar surface area (TPSA) is 86.6 Å². The lowest BCUT2D eigenvalue weighted by molar-refractivity contribution is 0.0682. The summed E-state index contributed by atoms with van der Waals surface area (Å²) in [4.78, 5) is 22.3. The minimum Gasteiger partial charge on any atom is -0.478 e. The highest BCUT2D eigenvalue weighted by Crippen LogP contribution is 2.25. The molecule has 2 aromatic carbocycles. The van der Waals surface area contributed by atoms with E-state index in [1.807, 2.05) is 32.0 Å². The first kappa shape index (κ1) is 14.6. The van der Waals surface area contributed by atoms with Gasteiger partial charge in [0.25, 0.3) is 0 Å². The molecule has 0 fully saturated rings. The van der Waals surface area contributed by atoms with Crippen LogP contribution in [0.1, 0.15) is 31.8 Å². The van der Waals surface area contributed by atoms with Gasteiger partial charge in [-0.3, -0.25) is 0 Å². The van der Waals surface area contributed by atoms with E-state index in [-0.39, 0.29) is 16.8 Å². The van der Waals surface area contributed by atoms with E-state index in [2.05, 4.69) is 5.32 Å². The fourth-order valence-corrected chi connectivity index (χ4v) is 2.07. The number of carboxylic acids is 2. The second-order valence-electron chi connectivity index (χ2n) is 4.81. The summed E-state index contributed by atoms with van der Waals surface area (Å²) >= 11 is 0. The standard InChI is InChI=1S/C16H15NO4/c1-9-3-6-13(10(2)7-9)17-14-8-11(15(18)19)4-5-12(14)16(20)21/h3-8,17H,1-2H3,(H,18,19)(H,20,21). The molecule has 0 aliphatic rings. The van der Waals surface area contributed by atoms with Crippen LogP contribution in [0.3, 0.4) is 0 Å². The molecule has 0 heterocycles. The van der Waals surface area contributed by atoms with Crippen LogP contribution in [0.25, 0.3) is 0 Å². The van der Waals surface area contributed by atoms with Crippen molar-refractivity contribution in [2.45, 2.75) is 13.8 Å². The predicted molar refractivity (Wildman–Crippen MR) is 79.6 cm³/mol. The lowest BCUT2D eigenvalue weighted by atomic mass is 10.1. The molecule has 2 aromatic rings. The second-order valence-corrected chi connectivity index (χ2v) is 4.81. The number of nitrogens with one attached hydrogen (secondary N) is 1.